The number of aryl methyl sites for hydroxylation is 1. The van der Waals surface area contributed by atoms with Crippen LogP contribution in [0.5, 0.6) is 5.88 Å². The first-order valence-electron chi connectivity index (χ1n) is 4.21. The van der Waals surface area contributed by atoms with Crippen LogP contribution in [-0.2, 0) is 7.05 Å². The van der Waals surface area contributed by atoms with Crippen molar-refractivity contribution in [2.45, 2.75) is 6.61 Å². The second-order valence-electron chi connectivity index (χ2n) is 2.78. The number of nitrogens with zero attached hydrogens (tertiary/aromatic N) is 5. The standard InChI is InChI=1S/C7H7F2N6O/c1-15-4(12-7-10-3-11-13-7)2-5(14-15)16-6(8)9/h2-3,6H,1H3,(H,12,13). The summed E-state index contributed by atoms with van der Waals surface area (Å²) in [4.78, 5) is 0. The molecule has 7 nitrogen and oxygen atoms in total. The first kappa shape index (κ1) is 10.3. The molecule has 1 N–H and O–H groups in total. The summed E-state index contributed by atoms with van der Waals surface area (Å²) in [5.41, 5.74) is 0. The molecule has 85 valence electrons. The normalized spacial score (nSPS) is 13.9. The third-order valence-corrected chi connectivity index (χ3v) is 1.69. The zero-order valence-corrected chi connectivity index (χ0v) is 8.13. The van der Waals surface area contributed by atoms with Crippen LogP contribution in [0.15, 0.2) is 16.3 Å². The number of aromatic nitrogens is 2. The highest BCUT2D eigenvalue weighted by Crippen LogP contribution is 2.17. The highest BCUT2D eigenvalue weighted by Gasteiger charge is 2.13. The summed E-state index contributed by atoms with van der Waals surface area (Å²) in [6, 6.07) is 1.31. The minimum atomic E-state index is -2.90. The van der Waals surface area contributed by atoms with E-state index in [0.717, 1.165) is 0 Å². The van der Waals surface area contributed by atoms with Gasteiger partial charge in [0.15, 0.2) is 0 Å². The van der Waals surface area contributed by atoms with Gasteiger partial charge in [0.25, 0.3) is 0 Å². The zero-order chi connectivity index (χ0) is 11.5. The maximum Gasteiger partial charge on any atom is 0.388 e. The van der Waals surface area contributed by atoms with Gasteiger partial charge in [0.1, 0.15) is 12.2 Å². The average molecular weight is 229 g/mol. The molecule has 16 heavy (non-hydrogen) atoms. The van der Waals surface area contributed by atoms with Crippen molar-refractivity contribution < 1.29 is 13.5 Å². The third-order valence-electron chi connectivity index (χ3n) is 1.69. The van der Waals surface area contributed by atoms with Gasteiger partial charge in [-0.15, -0.1) is 15.3 Å². The first-order chi connectivity index (χ1) is 7.65. The maximum atomic E-state index is 11.9. The molecule has 1 aromatic heterocycles. The van der Waals surface area contributed by atoms with Gasteiger partial charge in [-0.1, -0.05) is 0 Å². The molecule has 0 saturated heterocycles. The average Bonchev–Trinajstić information content (AvgIpc) is 2.77. The molecule has 1 aliphatic rings. The molecule has 0 aromatic carbocycles. The molecule has 0 spiro atoms. The van der Waals surface area contributed by atoms with Crippen LogP contribution in [0, 0.1) is 0 Å². The lowest BCUT2D eigenvalue weighted by atomic mass is 10.6. The van der Waals surface area contributed by atoms with Crippen molar-refractivity contribution in [1.82, 2.24) is 15.1 Å². The topological polar surface area (TPSA) is 77.9 Å². The Kier molecular flexibility index (Phi) is 2.66. The summed E-state index contributed by atoms with van der Waals surface area (Å²) in [5.74, 6) is 0.495. The lowest BCUT2D eigenvalue weighted by Gasteiger charge is -2.01. The van der Waals surface area contributed by atoms with Crippen molar-refractivity contribution >= 4 is 18.1 Å². The predicted molar refractivity (Wildman–Crippen MR) is 51.5 cm³/mol. The van der Waals surface area contributed by atoms with Gasteiger partial charge in [-0.25, -0.2) is 4.68 Å². The van der Waals surface area contributed by atoms with Crippen LogP contribution < -0.4 is 15.4 Å². The van der Waals surface area contributed by atoms with E-state index in [2.05, 4.69) is 30.7 Å². The number of hydrogen-bond donors (Lipinski definition) is 1. The second kappa shape index (κ2) is 4.13. The highest BCUT2D eigenvalue weighted by atomic mass is 19.3. The second-order valence-corrected chi connectivity index (χ2v) is 2.78. The summed E-state index contributed by atoms with van der Waals surface area (Å²) in [6.07, 6.45) is 1.26. The van der Waals surface area contributed by atoms with Crippen molar-refractivity contribution in [1.29, 1.82) is 0 Å². The molecule has 2 heterocycles. The third kappa shape index (κ3) is 2.24. The molecule has 1 aromatic rings. The Morgan fingerprint density at radius 1 is 1.50 bits per heavy atom. The summed E-state index contributed by atoms with van der Waals surface area (Å²) < 4.78 is 29.3. The molecule has 0 bridgehead atoms. The Morgan fingerprint density at radius 2 is 2.31 bits per heavy atom. The quantitative estimate of drug-likeness (QED) is 0.812. The molecule has 0 aliphatic carbocycles. The van der Waals surface area contributed by atoms with Gasteiger partial charge in [0.05, 0.1) is 0 Å². The molecule has 9 heteroatoms. The van der Waals surface area contributed by atoms with E-state index in [1.54, 1.807) is 7.05 Å². The van der Waals surface area contributed by atoms with Gasteiger partial charge in [-0.2, -0.15) is 14.1 Å². The Morgan fingerprint density at radius 3 is 2.94 bits per heavy atom. The van der Waals surface area contributed by atoms with Crippen molar-refractivity contribution in [3.05, 3.63) is 6.07 Å². The first-order valence-corrected chi connectivity index (χ1v) is 4.21. The SMILES string of the molecule is Cn1nc(OC(F)F)cc1NC1=NN=C[N]1. The smallest absolute Gasteiger partial charge is 0.388 e. The summed E-state index contributed by atoms with van der Waals surface area (Å²) in [6.45, 7) is -2.90. The number of guanidine groups is 1. The van der Waals surface area contributed by atoms with Gasteiger partial charge >= 0.3 is 6.61 Å². The van der Waals surface area contributed by atoms with E-state index in [9.17, 15) is 8.78 Å². The highest BCUT2D eigenvalue weighted by molar-refractivity contribution is 6.01. The largest absolute Gasteiger partial charge is 0.415 e. The minimum Gasteiger partial charge on any atom is -0.415 e. The van der Waals surface area contributed by atoms with Crippen LogP contribution in [0.4, 0.5) is 14.6 Å². The Labute approximate surface area is 88.8 Å². The van der Waals surface area contributed by atoms with E-state index in [4.69, 9.17) is 0 Å². The summed E-state index contributed by atoms with van der Waals surface area (Å²) in [7, 11) is 1.57. The van der Waals surface area contributed by atoms with Crippen molar-refractivity contribution in [2.75, 3.05) is 5.32 Å². The van der Waals surface area contributed by atoms with Crippen molar-refractivity contribution in [2.24, 2.45) is 17.3 Å². The van der Waals surface area contributed by atoms with E-state index >= 15 is 0 Å². The van der Waals surface area contributed by atoms with Crippen LogP contribution in [0.2, 0.25) is 0 Å². The molecular formula is C7H7F2N6O. The number of rotatable bonds is 3. The van der Waals surface area contributed by atoms with Crippen molar-refractivity contribution in [3.63, 3.8) is 0 Å². The molecule has 0 fully saturated rings. The van der Waals surface area contributed by atoms with Gasteiger partial charge in [-0.3, -0.25) is 0 Å². The number of anilines is 1. The molecule has 0 unspecified atom stereocenters. The van der Waals surface area contributed by atoms with E-state index in [1.807, 2.05) is 0 Å². The molecule has 1 aliphatic heterocycles. The van der Waals surface area contributed by atoms with Crippen LogP contribution in [0.3, 0.4) is 0 Å². The van der Waals surface area contributed by atoms with E-state index in [-0.39, 0.29) is 11.8 Å². The minimum absolute atomic E-state index is 0.181. The Bertz CT molecular complexity index is 440. The fourth-order valence-corrected chi connectivity index (χ4v) is 1.07. The van der Waals surface area contributed by atoms with E-state index in [1.165, 1.54) is 17.1 Å². The number of halogens is 2. The Hall–Kier alpha value is -2.19. The van der Waals surface area contributed by atoms with Gasteiger partial charge in [0, 0.05) is 13.1 Å². The van der Waals surface area contributed by atoms with E-state index in [0.29, 0.717) is 5.82 Å². The van der Waals surface area contributed by atoms with Crippen LogP contribution >= 0.6 is 0 Å². The van der Waals surface area contributed by atoms with Crippen LogP contribution in [0.25, 0.3) is 0 Å². The van der Waals surface area contributed by atoms with Gasteiger partial charge in [0.2, 0.25) is 11.8 Å². The Balaban J connectivity index is 2.06. The number of nitrogens with one attached hydrogen (secondary N) is 1. The molecular weight excluding hydrogens is 222 g/mol. The molecule has 0 saturated carbocycles. The number of ether oxygens (including phenoxy) is 1. The van der Waals surface area contributed by atoms with Gasteiger partial charge < -0.3 is 10.1 Å². The van der Waals surface area contributed by atoms with E-state index < -0.39 is 6.61 Å². The molecule has 1 radical (unpaired) electrons. The number of hydrogen-bond acceptors (Lipinski definition) is 5. The lowest BCUT2D eigenvalue weighted by molar-refractivity contribution is -0.0531. The zero-order valence-electron chi connectivity index (χ0n) is 8.13. The van der Waals surface area contributed by atoms with Gasteiger partial charge in [-0.05, 0) is 0 Å². The summed E-state index contributed by atoms with van der Waals surface area (Å²) in [5, 5.41) is 17.3. The molecule has 0 atom stereocenters. The van der Waals surface area contributed by atoms with Crippen molar-refractivity contribution in [3.8, 4) is 5.88 Å². The fraction of sp³-hybridized carbons (Fsp3) is 0.286. The monoisotopic (exact) mass is 229 g/mol. The maximum absolute atomic E-state index is 11.9. The lowest BCUT2D eigenvalue weighted by Crippen LogP contribution is -2.21. The van der Waals surface area contributed by atoms with Crippen LogP contribution in [-0.4, -0.2) is 28.7 Å². The number of alkyl halides is 2. The fourth-order valence-electron chi connectivity index (χ4n) is 1.07. The predicted octanol–water partition coefficient (Wildman–Crippen LogP) is 0.351. The summed E-state index contributed by atoms with van der Waals surface area (Å²) >= 11 is 0. The molecule has 2 rings (SSSR count). The van der Waals surface area contributed by atoms with Crippen LogP contribution in [0.1, 0.15) is 0 Å². The molecule has 0 amide bonds.